The largest absolute Gasteiger partial charge is 0.346 e. The number of nitrogens with zero attached hydrogens (tertiary/aromatic N) is 2. The van der Waals surface area contributed by atoms with Gasteiger partial charge in [0.2, 0.25) is 16.4 Å². The number of carbonyl (C=O) groups excluding carboxylic acids is 1. The van der Waals surface area contributed by atoms with Crippen molar-refractivity contribution in [1.29, 1.82) is 0 Å². The third kappa shape index (κ3) is 3.32. The zero-order valence-corrected chi connectivity index (χ0v) is 17.0. The van der Waals surface area contributed by atoms with Gasteiger partial charge < -0.3 is 4.98 Å². The summed E-state index contributed by atoms with van der Waals surface area (Å²) >= 11 is 0. The topological polar surface area (TPSA) is 95.2 Å². The van der Waals surface area contributed by atoms with Crippen molar-refractivity contribution in [2.45, 2.75) is 43.4 Å². The molecule has 0 atom stereocenters. The first-order valence-electron chi connectivity index (χ1n) is 9.99. The van der Waals surface area contributed by atoms with E-state index in [9.17, 15) is 17.6 Å². The smallest absolute Gasteiger partial charge is 0.235 e. The predicted molar refractivity (Wildman–Crippen MR) is 113 cm³/mol. The highest BCUT2D eigenvalue weighted by Crippen LogP contribution is 2.36. The van der Waals surface area contributed by atoms with Gasteiger partial charge in [-0.25, -0.2) is 17.8 Å². The molecule has 30 heavy (non-hydrogen) atoms. The van der Waals surface area contributed by atoms with Gasteiger partial charge in [0, 0.05) is 17.6 Å². The number of amides is 1. The maximum absolute atomic E-state index is 14.8. The number of halogens is 1. The van der Waals surface area contributed by atoms with Crippen LogP contribution >= 0.6 is 0 Å². The van der Waals surface area contributed by atoms with E-state index in [4.69, 9.17) is 0 Å². The molecule has 2 fully saturated rings. The van der Waals surface area contributed by atoms with E-state index < -0.39 is 21.1 Å². The molecule has 0 bridgehead atoms. The van der Waals surface area contributed by atoms with E-state index in [2.05, 4.69) is 14.7 Å². The van der Waals surface area contributed by atoms with Crippen molar-refractivity contribution in [3.8, 4) is 11.1 Å². The standard InChI is InChI=1S/C21H21FN4O3S/c22-18-10-13(4-7-19(18)25-30(28,29)15-2-1-3-15)17-11-20(26(12-27)14-5-6-14)24-21-16(17)8-9-23-21/h4,7-12,14-15,25H,1-3,5-6H2,(H,23,24). The van der Waals surface area contributed by atoms with Crippen molar-refractivity contribution in [2.75, 3.05) is 9.62 Å². The summed E-state index contributed by atoms with van der Waals surface area (Å²) in [7, 11) is -3.58. The number of hydrogen-bond acceptors (Lipinski definition) is 4. The fourth-order valence-corrected chi connectivity index (χ4v) is 5.35. The SMILES string of the molecule is O=CN(c1cc(-c2ccc(NS(=O)(=O)C3CCC3)c(F)c2)c2cc[nH]c2n1)C1CC1. The zero-order chi connectivity index (χ0) is 20.9. The molecule has 9 heteroatoms. The second-order valence-corrected chi connectivity index (χ2v) is 9.87. The molecule has 1 aromatic carbocycles. The Bertz CT molecular complexity index is 1230. The molecule has 5 rings (SSSR count). The van der Waals surface area contributed by atoms with Crippen molar-refractivity contribution < 1.29 is 17.6 Å². The molecule has 2 saturated carbocycles. The number of sulfonamides is 1. The van der Waals surface area contributed by atoms with Crippen molar-refractivity contribution in [3.63, 3.8) is 0 Å². The van der Waals surface area contributed by atoms with Crippen LogP contribution < -0.4 is 9.62 Å². The number of carbonyl (C=O) groups is 1. The van der Waals surface area contributed by atoms with Crippen molar-refractivity contribution in [3.05, 3.63) is 42.3 Å². The summed E-state index contributed by atoms with van der Waals surface area (Å²) in [5.41, 5.74) is 1.84. The molecular formula is C21H21FN4O3S. The second-order valence-electron chi connectivity index (χ2n) is 7.91. The molecule has 0 aliphatic heterocycles. The lowest BCUT2D eigenvalue weighted by Crippen LogP contribution is -2.33. The van der Waals surface area contributed by atoms with Crippen LogP contribution in [-0.2, 0) is 14.8 Å². The molecule has 7 nitrogen and oxygen atoms in total. The van der Waals surface area contributed by atoms with Crippen molar-refractivity contribution >= 4 is 39.0 Å². The Morgan fingerprint density at radius 2 is 1.97 bits per heavy atom. The van der Waals surface area contributed by atoms with Gasteiger partial charge in [-0.2, -0.15) is 0 Å². The first-order valence-corrected chi connectivity index (χ1v) is 11.5. The fraction of sp³-hybridized carbons (Fsp3) is 0.333. The highest BCUT2D eigenvalue weighted by atomic mass is 32.2. The highest BCUT2D eigenvalue weighted by molar-refractivity contribution is 7.93. The third-order valence-electron chi connectivity index (χ3n) is 5.86. The van der Waals surface area contributed by atoms with E-state index >= 15 is 0 Å². The molecule has 0 spiro atoms. The second kappa shape index (κ2) is 7.09. The maximum Gasteiger partial charge on any atom is 0.235 e. The molecule has 0 unspecified atom stereocenters. The van der Waals surface area contributed by atoms with E-state index in [-0.39, 0.29) is 11.7 Å². The lowest BCUT2D eigenvalue weighted by atomic mass is 10.0. The summed E-state index contributed by atoms with van der Waals surface area (Å²) in [6, 6.07) is 8.19. The number of benzene rings is 1. The number of rotatable bonds is 7. The number of aromatic nitrogens is 2. The van der Waals surface area contributed by atoms with Crippen molar-refractivity contribution in [2.24, 2.45) is 0 Å². The average molecular weight is 428 g/mol. The molecule has 3 aromatic rings. The van der Waals surface area contributed by atoms with Gasteiger partial charge in [0.15, 0.2) is 0 Å². The molecule has 156 valence electrons. The summed E-state index contributed by atoms with van der Waals surface area (Å²) in [5, 5.41) is 0.346. The molecule has 2 aliphatic carbocycles. The van der Waals surface area contributed by atoms with Gasteiger partial charge in [0.1, 0.15) is 17.3 Å². The first-order chi connectivity index (χ1) is 14.5. The zero-order valence-electron chi connectivity index (χ0n) is 16.1. The summed E-state index contributed by atoms with van der Waals surface area (Å²) in [5.74, 6) is -0.139. The molecule has 0 radical (unpaired) electrons. The molecule has 2 N–H and O–H groups in total. The number of H-pyrrole nitrogens is 1. The predicted octanol–water partition coefficient (Wildman–Crippen LogP) is 3.79. The molecule has 1 amide bonds. The molecule has 2 aliphatic rings. The average Bonchev–Trinajstić information content (AvgIpc) is 3.37. The van der Waals surface area contributed by atoms with Crippen LogP contribution in [0.2, 0.25) is 0 Å². The normalized spacial score (nSPS) is 17.0. The molecule has 0 saturated heterocycles. The summed E-state index contributed by atoms with van der Waals surface area (Å²) in [6.45, 7) is 0. The van der Waals surface area contributed by atoms with Gasteiger partial charge >= 0.3 is 0 Å². The number of fused-ring (bicyclic) bond motifs is 1. The number of nitrogens with one attached hydrogen (secondary N) is 2. The van der Waals surface area contributed by atoms with Crippen LogP contribution in [0, 0.1) is 5.82 Å². The van der Waals surface area contributed by atoms with Crippen molar-refractivity contribution in [1.82, 2.24) is 9.97 Å². The van der Waals surface area contributed by atoms with Gasteiger partial charge in [-0.05, 0) is 61.1 Å². The Hall–Kier alpha value is -2.94. The Morgan fingerprint density at radius 1 is 1.17 bits per heavy atom. The summed E-state index contributed by atoms with van der Waals surface area (Å²) in [4.78, 5) is 20.8. The van der Waals surface area contributed by atoms with E-state index in [1.807, 2.05) is 6.07 Å². The first kappa shape index (κ1) is 19.0. The van der Waals surface area contributed by atoms with Crippen LogP contribution in [0.15, 0.2) is 36.5 Å². The highest BCUT2D eigenvalue weighted by Gasteiger charge is 2.32. The molecule has 2 heterocycles. The summed E-state index contributed by atoms with van der Waals surface area (Å²) in [6.07, 6.45) is 6.47. The van der Waals surface area contributed by atoms with Gasteiger partial charge in [-0.3, -0.25) is 14.4 Å². The van der Waals surface area contributed by atoms with Gasteiger partial charge in [-0.15, -0.1) is 0 Å². The maximum atomic E-state index is 14.8. The molecular weight excluding hydrogens is 407 g/mol. The van der Waals surface area contributed by atoms with Crippen LogP contribution in [0.25, 0.3) is 22.2 Å². The number of pyridine rings is 1. The Morgan fingerprint density at radius 3 is 2.60 bits per heavy atom. The Kier molecular flexibility index (Phi) is 4.50. The van der Waals surface area contributed by atoms with Crippen LogP contribution in [-0.4, -0.2) is 36.1 Å². The van der Waals surface area contributed by atoms with E-state index in [0.29, 0.717) is 29.9 Å². The van der Waals surface area contributed by atoms with Gasteiger partial charge in [-0.1, -0.05) is 12.5 Å². The van der Waals surface area contributed by atoms with Crippen LogP contribution in [0.5, 0.6) is 0 Å². The minimum absolute atomic E-state index is 0.0576. The molecule has 2 aromatic heterocycles. The quantitative estimate of drug-likeness (QED) is 0.560. The van der Waals surface area contributed by atoms with E-state index in [1.54, 1.807) is 23.2 Å². The lowest BCUT2D eigenvalue weighted by molar-refractivity contribution is -0.107. The van der Waals surface area contributed by atoms with Gasteiger partial charge in [0.25, 0.3) is 0 Å². The number of anilines is 2. The lowest BCUT2D eigenvalue weighted by Gasteiger charge is -2.25. The van der Waals surface area contributed by atoms with Crippen LogP contribution in [0.1, 0.15) is 32.1 Å². The van der Waals surface area contributed by atoms with E-state index in [0.717, 1.165) is 36.6 Å². The minimum Gasteiger partial charge on any atom is -0.346 e. The van der Waals surface area contributed by atoms with Crippen LogP contribution in [0.4, 0.5) is 15.9 Å². The number of aromatic amines is 1. The van der Waals surface area contributed by atoms with Gasteiger partial charge in [0.05, 0.1) is 10.9 Å². The Labute approximate surface area is 173 Å². The van der Waals surface area contributed by atoms with E-state index in [1.165, 1.54) is 12.1 Å². The fourth-order valence-electron chi connectivity index (χ4n) is 3.76. The minimum atomic E-state index is -3.58. The van der Waals surface area contributed by atoms with Crippen LogP contribution in [0.3, 0.4) is 0 Å². The summed E-state index contributed by atoms with van der Waals surface area (Å²) < 4.78 is 41.9. The monoisotopic (exact) mass is 428 g/mol. The Balaban J connectivity index is 1.53. The third-order valence-corrected chi connectivity index (χ3v) is 7.71. The number of hydrogen-bond donors (Lipinski definition) is 2.